The fraction of sp³-hybridized carbons (Fsp3) is 0.700. The van der Waals surface area contributed by atoms with Gasteiger partial charge in [-0.15, -0.1) is 0 Å². The van der Waals surface area contributed by atoms with Crippen LogP contribution in [-0.4, -0.2) is 71.0 Å². The van der Waals surface area contributed by atoms with E-state index in [2.05, 4.69) is 0 Å². The van der Waals surface area contributed by atoms with Crippen LogP contribution in [-0.2, 0) is 15.9 Å². The molecule has 0 bridgehead atoms. The highest BCUT2D eigenvalue weighted by Gasteiger charge is 2.45. The zero-order valence-electron chi connectivity index (χ0n) is 15.6. The van der Waals surface area contributed by atoms with E-state index in [0.717, 1.165) is 37.9 Å². The van der Waals surface area contributed by atoms with E-state index in [1.54, 1.807) is 7.11 Å². The van der Waals surface area contributed by atoms with Crippen LogP contribution in [0.25, 0.3) is 0 Å². The molecule has 7 nitrogen and oxygen atoms in total. The summed E-state index contributed by atoms with van der Waals surface area (Å²) in [5.74, 6) is 1.08. The summed E-state index contributed by atoms with van der Waals surface area (Å²) in [6.07, 6.45) is -1.43. The van der Waals surface area contributed by atoms with E-state index in [9.17, 15) is 20.4 Å². The van der Waals surface area contributed by atoms with Gasteiger partial charge in [0.2, 0.25) is 0 Å². The van der Waals surface area contributed by atoms with Crippen LogP contribution in [0.1, 0.15) is 31.2 Å². The second-order valence-corrected chi connectivity index (χ2v) is 7.47. The normalized spacial score (nSPS) is 37.1. The molecule has 1 heterocycles. The number of aliphatic hydroxyl groups excluding tert-OH is 4. The first-order chi connectivity index (χ1) is 13.0. The molecule has 152 valence electrons. The molecule has 0 unspecified atom stereocenters. The van der Waals surface area contributed by atoms with Gasteiger partial charge in [0.05, 0.1) is 19.8 Å². The standard InChI is InChI=1S/C20H30O7/c1-25-14-8-6-12(7-9-14)10-13-4-2-3-5-15(13)26-20-19(24)18(23)17(22)16(11-21)27-20/h6-9,13,15-24H,2-5,10-11H2,1H3/t13-,15+,16-,17-,18+,19-,20-/m1/s1. The van der Waals surface area contributed by atoms with Gasteiger partial charge < -0.3 is 34.6 Å². The molecule has 0 amide bonds. The molecule has 0 radical (unpaired) electrons. The van der Waals surface area contributed by atoms with E-state index in [1.165, 1.54) is 5.56 Å². The van der Waals surface area contributed by atoms with Crippen molar-refractivity contribution in [2.45, 2.75) is 68.9 Å². The summed E-state index contributed by atoms with van der Waals surface area (Å²) >= 11 is 0. The summed E-state index contributed by atoms with van der Waals surface area (Å²) in [4.78, 5) is 0. The van der Waals surface area contributed by atoms with Crippen molar-refractivity contribution in [1.82, 2.24) is 0 Å². The zero-order valence-corrected chi connectivity index (χ0v) is 15.6. The second kappa shape index (κ2) is 9.32. The van der Waals surface area contributed by atoms with Crippen molar-refractivity contribution >= 4 is 0 Å². The summed E-state index contributed by atoms with van der Waals surface area (Å²) in [6, 6.07) is 7.95. The first-order valence-electron chi connectivity index (χ1n) is 9.62. The molecular formula is C20H30O7. The van der Waals surface area contributed by atoms with Gasteiger partial charge in [-0.3, -0.25) is 0 Å². The van der Waals surface area contributed by atoms with E-state index in [1.807, 2.05) is 24.3 Å². The van der Waals surface area contributed by atoms with Crippen molar-refractivity contribution in [3.63, 3.8) is 0 Å². The summed E-state index contributed by atoms with van der Waals surface area (Å²) in [6.45, 7) is -0.454. The van der Waals surface area contributed by atoms with Gasteiger partial charge >= 0.3 is 0 Å². The Balaban J connectivity index is 1.65. The molecule has 1 saturated heterocycles. The molecule has 2 aliphatic rings. The van der Waals surface area contributed by atoms with Gasteiger partial charge in [0.25, 0.3) is 0 Å². The number of benzene rings is 1. The maximum absolute atomic E-state index is 10.2. The predicted octanol–water partition coefficient (Wildman–Crippen LogP) is 0.613. The highest BCUT2D eigenvalue weighted by molar-refractivity contribution is 5.27. The Labute approximate surface area is 159 Å². The van der Waals surface area contributed by atoms with E-state index < -0.39 is 37.3 Å². The molecule has 1 aromatic rings. The van der Waals surface area contributed by atoms with E-state index >= 15 is 0 Å². The summed E-state index contributed by atoms with van der Waals surface area (Å²) in [5, 5.41) is 39.4. The Morgan fingerprint density at radius 1 is 1.00 bits per heavy atom. The lowest BCUT2D eigenvalue weighted by atomic mass is 9.82. The molecular weight excluding hydrogens is 352 g/mol. The molecule has 2 fully saturated rings. The summed E-state index contributed by atoms with van der Waals surface area (Å²) in [5.41, 5.74) is 1.19. The van der Waals surface area contributed by atoms with Gasteiger partial charge in [-0.05, 0) is 42.9 Å². The number of methoxy groups -OCH3 is 1. The zero-order chi connectivity index (χ0) is 19.4. The molecule has 1 saturated carbocycles. The van der Waals surface area contributed by atoms with Crippen molar-refractivity contribution in [2.75, 3.05) is 13.7 Å². The van der Waals surface area contributed by atoms with Crippen molar-refractivity contribution in [1.29, 1.82) is 0 Å². The van der Waals surface area contributed by atoms with Crippen LogP contribution in [0.3, 0.4) is 0 Å². The second-order valence-electron chi connectivity index (χ2n) is 7.47. The molecule has 7 heteroatoms. The Kier molecular flexibility index (Phi) is 7.08. The quantitative estimate of drug-likeness (QED) is 0.571. The molecule has 3 rings (SSSR count). The molecule has 1 aliphatic heterocycles. The molecule has 1 aromatic carbocycles. The number of hydrogen-bond donors (Lipinski definition) is 4. The van der Waals surface area contributed by atoms with Crippen molar-refractivity contribution < 1.29 is 34.6 Å². The molecule has 4 N–H and O–H groups in total. The van der Waals surface area contributed by atoms with Crippen LogP contribution >= 0.6 is 0 Å². The largest absolute Gasteiger partial charge is 0.497 e. The molecule has 27 heavy (non-hydrogen) atoms. The van der Waals surface area contributed by atoms with Crippen molar-refractivity contribution in [3.05, 3.63) is 29.8 Å². The van der Waals surface area contributed by atoms with Gasteiger partial charge in [0.15, 0.2) is 6.29 Å². The van der Waals surface area contributed by atoms with Crippen LogP contribution in [0.15, 0.2) is 24.3 Å². The monoisotopic (exact) mass is 382 g/mol. The summed E-state index contributed by atoms with van der Waals surface area (Å²) < 4.78 is 16.8. The Bertz CT molecular complexity index is 576. The van der Waals surface area contributed by atoms with Crippen LogP contribution in [0.4, 0.5) is 0 Å². The van der Waals surface area contributed by atoms with Crippen molar-refractivity contribution in [2.24, 2.45) is 5.92 Å². The third kappa shape index (κ3) is 4.80. The van der Waals surface area contributed by atoms with E-state index in [4.69, 9.17) is 14.2 Å². The number of rotatable bonds is 6. The maximum atomic E-state index is 10.2. The third-order valence-corrected chi connectivity index (χ3v) is 5.65. The average molecular weight is 382 g/mol. The van der Waals surface area contributed by atoms with Gasteiger partial charge in [-0.2, -0.15) is 0 Å². The number of hydrogen-bond acceptors (Lipinski definition) is 7. The van der Waals surface area contributed by atoms with Crippen molar-refractivity contribution in [3.8, 4) is 5.75 Å². The van der Waals surface area contributed by atoms with Crippen LogP contribution in [0.2, 0.25) is 0 Å². The van der Waals surface area contributed by atoms with Crippen LogP contribution < -0.4 is 4.74 Å². The average Bonchev–Trinajstić information content (AvgIpc) is 2.70. The van der Waals surface area contributed by atoms with E-state index in [0.29, 0.717) is 0 Å². The molecule has 1 aliphatic carbocycles. The Hall–Kier alpha value is -1.22. The number of aliphatic hydroxyl groups is 4. The number of ether oxygens (including phenoxy) is 3. The lowest BCUT2D eigenvalue weighted by Crippen LogP contribution is -2.60. The molecule has 7 atom stereocenters. The lowest BCUT2D eigenvalue weighted by Gasteiger charge is -2.42. The Morgan fingerprint density at radius 3 is 2.37 bits per heavy atom. The van der Waals surface area contributed by atoms with Gasteiger partial charge in [0.1, 0.15) is 30.2 Å². The van der Waals surface area contributed by atoms with Gasteiger partial charge in [-0.1, -0.05) is 25.0 Å². The first-order valence-corrected chi connectivity index (χ1v) is 9.62. The minimum Gasteiger partial charge on any atom is -0.497 e. The SMILES string of the molecule is COc1ccc(C[C@H]2CCCC[C@@H]2O[C@@H]2O[C@H](CO)[C@@H](O)[C@H](O)[C@H]2O)cc1. The fourth-order valence-corrected chi connectivity index (χ4v) is 4.00. The predicted molar refractivity (Wildman–Crippen MR) is 97.3 cm³/mol. The Morgan fingerprint density at radius 2 is 1.70 bits per heavy atom. The summed E-state index contributed by atoms with van der Waals surface area (Å²) in [7, 11) is 1.64. The highest BCUT2D eigenvalue weighted by atomic mass is 16.7. The smallest absolute Gasteiger partial charge is 0.186 e. The highest BCUT2D eigenvalue weighted by Crippen LogP contribution is 2.33. The maximum Gasteiger partial charge on any atom is 0.186 e. The molecule has 0 aromatic heterocycles. The topological polar surface area (TPSA) is 109 Å². The van der Waals surface area contributed by atoms with Crippen LogP contribution in [0, 0.1) is 5.92 Å². The van der Waals surface area contributed by atoms with E-state index in [-0.39, 0.29) is 12.0 Å². The minimum atomic E-state index is -1.41. The van der Waals surface area contributed by atoms with Gasteiger partial charge in [-0.25, -0.2) is 0 Å². The van der Waals surface area contributed by atoms with Crippen LogP contribution in [0.5, 0.6) is 5.75 Å². The van der Waals surface area contributed by atoms with Gasteiger partial charge in [0, 0.05) is 0 Å². The first kappa shape index (κ1) is 20.5. The molecule has 0 spiro atoms. The fourth-order valence-electron chi connectivity index (χ4n) is 4.00. The third-order valence-electron chi connectivity index (χ3n) is 5.65. The lowest BCUT2D eigenvalue weighted by molar-refractivity contribution is -0.316. The minimum absolute atomic E-state index is 0.123.